The van der Waals surface area contributed by atoms with Crippen molar-refractivity contribution >= 4 is 17.5 Å². The van der Waals surface area contributed by atoms with E-state index in [-0.39, 0.29) is 23.1 Å². The molecule has 12 heteroatoms. The van der Waals surface area contributed by atoms with E-state index in [2.05, 4.69) is 30.9 Å². The molecule has 9 nitrogen and oxygen atoms in total. The number of hydrogen-bond donors (Lipinski definition) is 1. The molecule has 4 aliphatic rings. The van der Waals surface area contributed by atoms with Gasteiger partial charge in [0.1, 0.15) is 23.8 Å². The number of imidazole rings is 1. The molecule has 1 atom stereocenters. The number of carbonyl (C=O) groups is 1. The number of rotatable bonds is 6. The smallest absolute Gasteiger partial charge is 0.381 e. The number of nitrogens with one attached hydrogen (secondary N) is 1. The molecule has 0 radical (unpaired) electrons. The molecule has 0 aliphatic carbocycles. The Balaban J connectivity index is 1.21. The van der Waals surface area contributed by atoms with Gasteiger partial charge in [-0.05, 0) is 51.6 Å². The Morgan fingerprint density at radius 1 is 0.974 bits per heavy atom. The van der Waals surface area contributed by atoms with Crippen LogP contribution in [0.3, 0.4) is 0 Å². The summed E-state index contributed by atoms with van der Waals surface area (Å²) in [6, 6.07) is 0. The molecule has 6 rings (SSSR count). The van der Waals surface area contributed by atoms with Crippen molar-refractivity contribution in [3.05, 3.63) is 29.6 Å². The van der Waals surface area contributed by atoms with Crippen LogP contribution in [0.4, 0.5) is 24.8 Å². The van der Waals surface area contributed by atoms with Crippen LogP contribution in [0, 0.1) is 0 Å². The minimum Gasteiger partial charge on any atom is -0.381 e. The predicted molar refractivity (Wildman–Crippen MR) is 139 cm³/mol. The quantitative estimate of drug-likeness (QED) is 0.584. The summed E-state index contributed by atoms with van der Waals surface area (Å²) in [5.41, 5.74) is 1.13. The first-order valence-corrected chi connectivity index (χ1v) is 14.2. The minimum absolute atomic E-state index is 0.0167. The summed E-state index contributed by atoms with van der Waals surface area (Å²) < 4.78 is 49.7. The lowest BCUT2D eigenvalue weighted by Crippen LogP contribution is -2.38. The molecule has 39 heavy (non-hydrogen) atoms. The Bertz CT molecular complexity index is 1170. The predicted octanol–water partition coefficient (Wildman–Crippen LogP) is 4.04. The summed E-state index contributed by atoms with van der Waals surface area (Å²) in [6.07, 6.45) is 4.32. The molecule has 2 aromatic rings. The largest absolute Gasteiger partial charge is 0.396 e. The molecule has 6 heterocycles. The van der Waals surface area contributed by atoms with E-state index >= 15 is 0 Å². The SMILES string of the molecule is O=C1CC(C(F)(F)F)c2c(ncnc2N2CCC(c3nc(C4CCOCC4)cn3CCN3CCCC3)CC2)N1. The summed E-state index contributed by atoms with van der Waals surface area (Å²) in [6.45, 7) is 6.88. The van der Waals surface area contributed by atoms with Crippen molar-refractivity contribution in [1.82, 2.24) is 24.4 Å². The van der Waals surface area contributed by atoms with Crippen LogP contribution in [0.1, 0.15) is 79.8 Å². The number of ether oxygens (including phenoxy) is 1. The number of carbonyl (C=O) groups excluding carboxylic acids is 1. The first-order chi connectivity index (χ1) is 18.9. The number of halogens is 3. The van der Waals surface area contributed by atoms with Crippen molar-refractivity contribution in [2.24, 2.45) is 0 Å². The van der Waals surface area contributed by atoms with Gasteiger partial charge in [-0.2, -0.15) is 13.2 Å². The number of anilines is 2. The first kappa shape index (κ1) is 26.5. The van der Waals surface area contributed by atoms with Crippen molar-refractivity contribution in [3.8, 4) is 0 Å². The normalized spacial score (nSPS) is 23.7. The number of alkyl halides is 3. The Kier molecular flexibility index (Phi) is 7.49. The zero-order valence-electron chi connectivity index (χ0n) is 22.1. The number of aromatic nitrogens is 4. The molecular formula is C27H36F3N7O2. The number of nitrogens with zero attached hydrogens (tertiary/aromatic N) is 6. The third kappa shape index (κ3) is 5.63. The molecular weight excluding hydrogens is 511 g/mol. The highest BCUT2D eigenvalue weighted by Gasteiger charge is 2.48. The highest BCUT2D eigenvalue weighted by molar-refractivity contribution is 5.94. The Morgan fingerprint density at radius 2 is 1.72 bits per heavy atom. The summed E-state index contributed by atoms with van der Waals surface area (Å²) >= 11 is 0. The maximum absolute atomic E-state index is 13.9. The standard InChI is InChI=1S/C27H36F3N7O2/c28-27(29,30)20-15-22(38)34-24-23(20)26(32-17-31-24)36-9-3-19(4-10-36)25-33-21(18-5-13-39-14-6-18)16-37(25)12-11-35-7-1-2-8-35/h16-20H,1-15H2,(H,31,32,34,38). The molecule has 1 amide bonds. The maximum atomic E-state index is 13.9. The van der Waals surface area contributed by atoms with Crippen molar-refractivity contribution in [2.75, 3.05) is 56.2 Å². The van der Waals surface area contributed by atoms with Gasteiger partial charge in [0.25, 0.3) is 0 Å². The second-order valence-electron chi connectivity index (χ2n) is 11.2. The molecule has 4 aliphatic heterocycles. The van der Waals surface area contributed by atoms with Crippen LogP contribution in [-0.4, -0.2) is 82.4 Å². The van der Waals surface area contributed by atoms with Crippen LogP contribution in [0.2, 0.25) is 0 Å². The fourth-order valence-electron chi connectivity index (χ4n) is 6.56. The van der Waals surface area contributed by atoms with Crippen molar-refractivity contribution in [3.63, 3.8) is 0 Å². The molecule has 2 aromatic heterocycles. The third-order valence-corrected chi connectivity index (χ3v) is 8.73. The van der Waals surface area contributed by atoms with Gasteiger partial charge in [-0.15, -0.1) is 0 Å². The Labute approximate surface area is 226 Å². The molecule has 3 fully saturated rings. The fraction of sp³-hybridized carbons (Fsp3) is 0.704. The van der Waals surface area contributed by atoms with Crippen LogP contribution in [0.15, 0.2) is 12.5 Å². The highest BCUT2D eigenvalue weighted by Crippen LogP contribution is 2.46. The molecule has 0 saturated carbocycles. The van der Waals surface area contributed by atoms with Crippen LogP contribution in [0.5, 0.6) is 0 Å². The minimum atomic E-state index is -4.55. The number of amides is 1. The van der Waals surface area contributed by atoms with E-state index in [4.69, 9.17) is 9.72 Å². The fourth-order valence-corrected chi connectivity index (χ4v) is 6.56. The zero-order chi connectivity index (χ0) is 27.0. The van der Waals surface area contributed by atoms with Gasteiger partial charge in [-0.1, -0.05) is 0 Å². The van der Waals surface area contributed by atoms with E-state index in [1.165, 1.54) is 19.2 Å². The molecule has 0 bridgehead atoms. The van der Waals surface area contributed by atoms with E-state index in [0.29, 0.717) is 19.0 Å². The van der Waals surface area contributed by atoms with Gasteiger partial charge in [0, 0.05) is 63.8 Å². The van der Waals surface area contributed by atoms with E-state index in [0.717, 1.165) is 76.6 Å². The van der Waals surface area contributed by atoms with Gasteiger partial charge in [0.15, 0.2) is 0 Å². The van der Waals surface area contributed by atoms with Crippen LogP contribution in [0.25, 0.3) is 0 Å². The summed E-state index contributed by atoms with van der Waals surface area (Å²) in [7, 11) is 0. The van der Waals surface area contributed by atoms with Crippen molar-refractivity contribution in [2.45, 2.75) is 75.4 Å². The van der Waals surface area contributed by atoms with Crippen LogP contribution >= 0.6 is 0 Å². The van der Waals surface area contributed by atoms with Crippen molar-refractivity contribution < 1.29 is 22.7 Å². The molecule has 212 valence electrons. The Morgan fingerprint density at radius 3 is 2.44 bits per heavy atom. The van der Waals surface area contributed by atoms with Gasteiger partial charge < -0.3 is 24.4 Å². The summed E-state index contributed by atoms with van der Waals surface area (Å²) in [5, 5.41) is 2.51. The average Bonchev–Trinajstić information content (AvgIpc) is 3.61. The van der Waals surface area contributed by atoms with Gasteiger partial charge in [0.05, 0.1) is 17.2 Å². The third-order valence-electron chi connectivity index (χ3n) is 8.73. The maximum Gasteiger partial charge on any atom is 0.396 e. The van der Waals surface area contributed by atoms with E-state index < -0.39 is 24.4 Å². The van der Waals surface area contributed by atoms with Crippen LogP contribution < -0.4 is 10.2 Å². The number of hydrogen-bond acceptors (Lipinski definition) is 7. The average molecular weight is 548 g/mol. The first-order valence-electron chi connectivity index (χ1n) is 14.2. The second-order valence-corrected chi connectivity index (χ2v) is 11.2. The summed E-state index contributed by atoms with van der Waals surface area (Å²) in [4.78, 5) is 29.8. The van der Waals surface area contributed by atoms with Gasteiger partial charge >= 0.3 is 6.18 Å². The Hall–Kier alpha value is -2.73. The summed E-state index contributed by atoms with van der Waals surface area (Å²) in [5.74, 6) is -0.589. The van der Waals surface area contributed by atoms with Gasteiger partial charge in [-0.25, -0.2) is 15.0 Å². The van der Waals surface area contributed by atoms with E-state index in [1.807, 2.05) is 4.90 Å². The van der Waals surface area contributed by atoms with Gasteiger partial charge in [0.2, 0.25) is 5.91 Å². The van der Waals surface area contributed by atoms with Crippen LogP contribution in [-0.2, 0) is 16.1 Å². The monoisotopic (exact) mass is 547 g/mol. The van der Waals surface area contributed by atoms with E-state index in [1.54, 1.807) is 0 Å². The lowest BCUT2D eigenvalue weighted by molar-refractivity contribution is -0.156. The molecule has 0 aromatic carbocycles. The number of fused-ring (bicyclic) bond motifs is 1. The zero-order valence-corrected chi connectivity index (χ0v) is 22.1. The molecule has 1 unspecified atom stereocenters. The number of piperidine rings is 1. The second kappa shape index (κ2) is 11.0. The van der Waals surface area contributed by atoms with E-state index in [9.17, 15) is 18.0 Å². The van der Waals surface area contributed by atoms with Crippen molar-refractivity contribution in [1.29, 1.82) is 0 Å². The molecule has 3 saturated heterocycles. The van der Waals surface area contributed by atoms with Gasteiger partial charge in [-0.3, -0.25) is 4.79 Å². The molecule has 1 N–H and O–H groups in total. The highest BCUT2D eigenvalue weighted by atomic mass is 19.4. The lowest BCUT2D eigenvalue weighted by Gasteiger charge is -2.36. The number of likely N-dealkylation sites (tertiary alicyclic amines) is 1. The topological polar surface area (TPSA) is 88.4 Å². The lowest BCUT2D eigenvalue weighted by atomic mass is 9.90. The molecule has 0 spiro atoms.